The van der Waals surface area contributed by atoms with Crippen molar-refractivity contribution in [2.45, 2.75) is 18.9 Å². The summed E-state index contributed by atoms with van der Waals surface area (Å²) in [6, 6.07) is 4.00. The summed E-state index contributed by atoms with van der Waals surface area (Å²) in [5, 5.41) is 2.63. The zero-order valence-electron chi connectivity index (χ0n) is 12.8. The Morgan fingerprint density at radius 2 is 1.95 bits per heavy atom. The van der Waals surface area contributed by atoms with Crippen LogP contribution in [0.15, 0.2) is 18.2 Å². The minimum atomic E-state index is -0.560. The number of primary amides is 1. The van der Waals surface area contributed by atoms with Gasteiger partial charge in [0.25, 0.3) is 5.91 Å². The topological polar surface area (TPSA) is 78.7 Å². The van der Waals surface area contributed by atoms with Crippen molar-refractivity contribution < 1.29 is 14.0 Å². The Morgan fingerprint density at radius 3 is 2.45 bits per heavy atom. The van der Waals surface area contributed by atoms with Gasteiger partial charge < -0.3 is 20.9 Å². The van der Waals surface area contributed by atoms with Crippen LogP contribution in [-0.2, 0) is 0 Å². The Bertz CT molecular complexity index is 569. The van der Waals surface area contributed by atoms with Crippen LogP contribution in [0, 0.1) is 5.82 Å². The molecule has 0 aliphatic carbocycles. The normalized spacial score (nSPS) is 15.5. The lowest BCUT2D eigenvalue weighted by Crippen LogP contribution is -2.48. The molecule has 1 aromatic rings. The van der Waals surface area contributed by atoms with Crippen molar-refractivity contribution in [3.63, 3.8) is 0 Å². The van der Waals surface area contributed by atoms with Crippen molar-refractivity contribution in [2.24, 2.45) is 5.73 Å². The summed E-state index contributed by atoms with van der Waals surface area (Å²) in [5.41, 5.74) is 5.87. The van der Waals surface area contributed by atoms with Crippen LogP contribution in [0.1, 0.15) is 23.2 Å². The van der Waals surface area contributed by atoms with Gasteiger partial charge in [-0.15, -0.1) is 0 Å². The number of carbonyl (C=O) groups excluding carboxylic acids is 2. The molecule has 0 bridgehead atoms. The summed E-state index contributed by atoms with van der Waals surface area (Å²) >= 11 is 0. The number of nitrogens with zero attached hydrogens (tertiary/aromatic N) is 2. The third-order valence-electron chi connectivity index (χ3n) is 3.83. The number of nitrogens with two attached hydrogens (primary N) is 1. The van der Waals surface area contributed by atoms with Gasteiger partial charge >= 0.3 is 6.03 Å². The van der Waals surface area contributed by atoms with Gasteiger partial charge in [-0.1, -0.05) is 0 Å². The van der Waals surface area contributed by atoms with Gasteiger partial charge in [0.1, 0.15) is 5.82 Å². The summed E-state index contributed by atoms with van der Waals surface area (Å²) in [7, 11) is 3.62. The summed E-state index contributed by atoms with van der Waals surface area (Å²) in [4.78, 5) is 26.6. The first-order chi connectivity index (χ1) is 10.4. The quantitative estimate of drug-likeness (QED) is 0.879. The van der Waals surface area contributed by atoms with E-state index in [-0.39, 0.29) is 17.5 Å². The predicted octanol–water partition coefficient (Wildman–Crippen LogP) is 1.16. The van der Waals surface area contributed by atoms with Crippen molar-refractivity contribution in [3.05, 3.63) is 29.6 Å². The zero-order chi connectivity index (χ0) is 16.3. The third-order valence-corrected chi connectivity index (χ3v) is 3.83. The van der Waals surface area contributed by atoms with Gasteiger partial charge in [-0.3, -0.25) is 4.79 Å². The van der Waals surface area contributed by atoms with Crippen LogP contribution in [0.4, 0.5) is 14.9 Å². The van der Waals surface area contributed by atoms with Gasteiger partial charge in [0.05, 0.1) is 5.56 Å². The van der Waals surface area contributed by atoms with Gasteiger partial charge in [-0.25, -0.2) is 9.18 Å². The van der Waals surface area contributed by atoms with Crippen LogP contribution in [0.5, 0.6) is 0 Å². The van der Waals surface area contributed by atoms with E-state index in [2.05, 4.69) is 5.32 Å². The highest BCUT2D eigenvalue weighted by atomic mass is 19.1. The molecule has 1 aromatic carbocycles. The van der Waals surface area contributed by atoms with Gasteiger partial charge in [-0.2, -0.15) is 0 Å². The number of rotatable bonds is 3. The maximum Gasteiger partial charge on any atom is 0.312 e. The van der Waals surface area contributed by atoms with E-state index < -0.39 is 11.8 Å². The number of halogens is 1. The van der Waals surface area contributed by atoms with Crippen LogP contribution in [-0.4, -0.2) is 50.1 Å². The molecule has 0 atom stereocenters. The Hall–Kier alpha value is -2.31. The first-order valence-electron chi connectivity index (χ1n) is 7.20. The second-order valence-corrected chi connectivity index (χ2v) is 5.63. The standard InChI is InChI=1S/C15H21FN4O2/c1-19(2)11-3-4-12(13(16)9-11)14(21)20-7-5-10(6-8-20)18-15(17)22/h3-4,9-10H,5-8H2,1-2H3,(H3,17,18,22). The number of benzene rings is 1. The average Bonchev–Trinajstić information content (AvgIpc) is 2.46. The van der Waals surface area contributed by atoms with E-state index in [0.29, 0.717) is 31.6 Å². The summed E-state index contributed by atoms with van der Waals surface area (Å²) in [5.74, 6) is -0.839. The Kier molecular flexibility index (Phi) is 4.85. The van der Waals surface area contributed by atoms with E-state index in [0.717, 1.165) is 0 Å². The summed E-state index contributed by atoms with van der Waals surface area (Å²) < 4.78 is 14.1. The van der Waals surface area contributed by atoms with E-state index in [4.69, 9.17) is 5.73 Å². The van der Waals surface area contributed by atoms with E-state index in [1.165, 1.54) is 12.1 Å². The number of amides is 3. The van der Waals surface area contributed by atoms with Crippen molar-refractivity contribution in [3.8, 4) is 0 Å². The highest BCUT2D eigenvalue weighted by molar-refractivity contribution is 5.95. The fourth-order valence-electron chi connectivity index (χ4n) is 2.55. The van der Waals surface area contributed by atoms with E-state index in [9.17, 15) is 14.0 Å². The smallest absolute Gasteiger partial charge is 0.312 e. The monoisotopic (exact) mass is 308 g/mol. The minimum Gasteiger partial charge on any atom is -0.378 e. The average molecular weight is 308 g/mol. The van der Waals surface area contributed by atoms with Crippen molar-refractivity contribution in [1.29, 1.82) is 0 Å². The number of hydrogen-bond acceptors (Lipinski definition) is 3. The van der Waals surface area contributed by atoms with Gasteiger partial charge in [-0.05, 0) is 31.0 Å². The molecule has 2 rings (SSSR count). The fraction of sp³-hybridized carbons (Fsp3) is 0.467. The molecule has 1 saturated heterocycles. The number of piperidine rings is 1. The van der Waals surface area contributed by atoms with E-state index in [1.807, 2.05) is 14.1 Å². The molecular formula is C15H21FN4O2. The number of anilines is 1. The molecule has 6 nitrogen and oxygen atoms in total. The number of likely N-dealkylation sites (tertiary alicyclic amines) is 1. The highest BCUT2D eigenvalue weighted by Gasteiger charge is 2.25. The SMILES string of the molecule is CN(C)c1ccc(C(=O)N2CCC(NC(N)=O)CC2)c(F)c1. The molecule has 0 saturated carbocycles. The molecule has 0 aromatic heterocycles. The minimum absolute atomic E-state index is 0.0255. The molecule has 1 aliphatic heterocycles. The predicted molar refractivity (Wildman–Crippen MR) is 82.4 cm³/mol. The number of nitrogens with one attached hydrogen (secondary N) is 1. The van der Waals surface area contributed by atoms with Crippen molar-refractivity contribution in [1.82, 2.24) is 10.2 Å². The van der Waals surface area contributed by atoms with Crippen LogP contribution in [0.2, 0.25) is 0 Å². The second kappa shape index (κ2) is 6.64. The maximum atomic E-state index is 14.1. The van der Waals surface area contributed by atoms with Gasteiger partial charge in [0, 0.05) is 38.9 Å². The van der Waals surface area contributed by atoms with Gasteiger partial charge in [0.2, 0.25) is 0 Å². The largest absolute Gasteiger partial charge is 0.378 e. The van der Waals surface area contributed by atoms with Crippen LogP contribution in [0.25, 0.3) is 0 Å². The molecular weight excluding hydrogens is 287 g/mol. The summed E-state index contributed by atoms with van der Waals surface area (Å²) in [6.07, 6.45) is 1.23. The molecule has 22 heavy (non-hydrogen) atoms. The van der Waals surface area contributed by atoms with Crippen molar-refractivity contribution in [2.75, 3.05) is 32.1 Å². The van der Waals surface area contributed by atoms with Crippen LogP contribution >= 0.6 is 0 Å². The Labute approximate surface area is 129 Å². The lowest BCUT2D eigenvalue weighted by Gasteiger charge is -2.32. The molecule has 7 heteroatoms. The van der Waals surface area contributed by atoms with Crippen LogP contribution in [0.3, 0.4) is 0 Å². The molecule has 0 unspecified atom stereocenters. The number of carbonyl (C=O) groups is 2. The number of urea groups is 1. The first kappa shape index (κ1) is 16.1. The summed E-state index contributed by atoms with van der Waals surface area (Å²) in [6.45, 7) is 0.942. The second-order valence-electron chi connectivity index (χ2n) is 5.63. The lowest BCUT2D eigenvalue weighted by molar-refractivity contribution is 0.0704. The Morgan fingerprint density at radius 1 is 1.32 bits per heavy atom. The van der Waals surface area contributed by atoms with E-state index in [1.54, 1.807) is 15.9 Å². The molecule has 3 N–H and O–H groups in total. The molecule has 120 valence electrons. The molecule has 0 radical (unpaired) electrons. The Balaban J connectivity index is 2.02. The number of hydrogen-bond donors (Lipinski definition) is 2. The molecule has 3 amide bonds. The van der Waals surface area contributed by atoms with Gasteiger partial charge in [0.15, 0.2) is 0 Å². The van der Waals surface area contributed by atoms with E-state index >= 15 is 0 Å². The highest BCUT2D eigenvalue weighted by Crippen LogP contribution is 2.20. The first-order valence-corrected chi connectivity index (χ1v) is 7.20. The molecule has 1 heterocycles. The molecule has 0 spiro atoms. The third kappa shape index (κ3) is 3.66. The molecule has 1 aliphatic rings. The van der Waals surface area contributed by atoms with Crippen LogP contribution < -0.4 is 16.0 Å². The molecule has 1 fully saturated rings. The lowest BCUT2D eigenvalue weighted by atomic mass is 10.0. The fourth-order valence-corrected chi connectivity index (χ4v) is 2.55. The van der Waals surface area contributed by atoms with Crippen molar-refractivity contribution >= 4 is 17.6 Å². The zero-order valence-corrected chi connectivity index (χ0v) is 12.8. The maximum absolute atomic E-state index is 14.1.